The molecule has 2 rings (SSSR count). The lowest BCUT2D eigenvalue weighted by molar-refractivity contribution is -0.139. The summed E-state index contributed by atoms with van der Waals surface area (Å²) < 4.78 is 0. The van der Waals surface area contributed by atoms with Crippen LogP contribution < -0.4 is 5.73 Å². The predicted octanol–water partition coefficient (Wildman–Crippen LogP) is -0.900. The van der Waals surface area contributed by atoms with E-state index in [9.17, 15) is 9.59 Å². The van der Waals surface area contributed by atoms with Crippen molar-refractivity contribution < 1.29 is 9.59 Å². The Morgan fingerprint density at radius 1 is 1.11 bits per heavy atom. The number of hydrogen-bond donors (Lipinski definition) is 1. The van der Waals surface area contributed by atoms with Gasteiger partial charge in [-0.3, -0.25) is 14.5 Å². The summed E-state index contributed by atoms with van der Waals surface area (Å²) in [5, 5.41) is 0. The Balaban J connectivity index is 1.80. The van der Waals surface area contributed by atoms with Crippen molar-refractivity contribution in [1.82, 2.24) is 14.7 Å². The summed E-state index contributed by atoms with van der Waals surface area (Å²) in [6.45, 7) is 6.27. The summed E-state index contributed by atoms with van der Waals surface area (Å²) in [5.41, 5.74) is 5.72. The molecule has 6 heteroatoms. The van der Waals surface area contributed by atoms with Crippen LogP contribution in [0.25, 0.3) is 0 Å². The molecule has 2 aliphatic heterocycles. The SMILES string of the molecule is CC(=O)N1CCN(C(=O)CN2CCCC2CN)CC1. The van der Waals surface area contributed by atoms with Gasteiger partial charge in [-0.1, -0.05) is 0 Å². The third-order valence-corrected chi connectivity index (χ3v) is 4.19. The second-order valence-corrected chi connectivity index (χ2v) is 5.39. The molecule has 0 spiro atoms. The number of amides is 2. The van der Waals surface area contributed by atoms with E-state index in [0.717, 1.165) is 19.4 Å². The number of nitrogens with two attached hydrogens (primary N) is 1. The van der Waals surface area contributed by atoms with Gasteiger partial charge in [0.1, 0.15) is 0 Å². The van der Waals surface area contributed by atoms with Gasteiger partial charge in [-0.15, -0.1) is 0 Å². The summed E-state index contributed by atoms with van der Waals surface area (Å²) in [7, 11) is 0. The van der Waals surface area contributed by atoms with Crippen molar-refractivity contribution in [2.24, 2.45) is 5.73 Å². The normalized spacial score (nSPS) is 24.8. The molecule has 108 valence electrons. The lowest BCUT2D eigenvalue weighted by Gasteiger charge is -2.35. The molecule has 2 fully saturated rings. The Morgan fingerprint density at radius 2 is 1.74 bits per heavy atom. The molecular weight excluding hydrogens is 244 g/mol. The summed E-state index contributed by atoms with van der Waals surface area (Å²) in [6, 6.07) is 0.363. The van der Waals surface area contributed by atoms with Crippen molar-refractivity contribution in [3.63, 3.8) is 0 Å². The van der Waals surface area contributed by atoms with Gasteiger partial charge in [0.2, 0.25) is 11.8 Å². The van der Waals surface area contributed by atoms with Crippen LogP contribution in [0.2, 0.25) is 0 Å². The fraction of sp³-hybridized carbons (Fsp3) is 0.846. The van der Waals surface area contributed by atoms with Crippen molar-refractivity contribution in [3.05, 3.63) is 0 Å². The number of carbonyl (C=O) groups is 2. The van der Waals surface area contributed by atoms with E-state index >= 15 is 0 Å². The van der Waals surface area contributed by atoms with Crippen LogP contribution in [0.1, 0.15) is 19.8 Å². The third kappa shape index (κ3) is 3.45. The second kappa shape index (κ2) is 6.34. The zero-order valence-electron chi connectivity index (χ0n) is 11.7. The quantitative estimate of drug-likeness (QED) is 0.720. The largest absolute Gasteiger partial charge is 0.339 e. The van der Waals surface area contributed by atoms with E-state index < -0.39 is 0 Å². The van der Waals surface area contributed by atoms with Crippen LogP contribution in [0, 0.1) is 0 Å². The molecule has 0 aromatic heterocycles. The first-order valence-electron chi connectivity index (χ1n) is 7.09. The first kappa shape index (κ1) is 14.3. The monoisotopic (exact) mass is 268 g/mol. The zero-order valence-corrected chi connectivity index (χ0v) is 11.7. The third-order valence-electron chi connectivity index (χ3n) is 4.19. The molecule has 2 heterocycles. The van der Waals surface area contributed by atoms with Crippen molar-refractivity contribution in [2.75, 3.05) is 45.8 Å². The number of likely N-dealkylation sites (tertiary alicyclic amines) is 1. The number of carbonyl (C=O) groups excluding carboxylic acids is 2. The molecule has 1 unspecified atom stereocenters. The van der Waals surface area contributed by atoms with Gasteiger partial charge in [0.15, 0.2) is 0 Å². The predicted molar refractivity (Wildman–Crippen MR) is 72.5 cm³/mol. The van der Waals surface area contributed by atoms with E-state index in [1.807, 2.05) is 4.90 Å². The van der Waals surface area contributed by atoms with E-state index in [1.54, 1.807) is 11.8 Å². The summed E-state index contributed by atoms with van der Waals surface area (Å²) in [4.78, 5) is 29.3. The molecule has 19 heavy (non-hydrogen) atoms. The Labute approximate surface area is 114 Å². The van der Waals surface area contributed by atoms with Crippen LogP contribution in [-0.4, -0.2) is 78.4 Å². The molecule has 0 aromatic carbocycles. The Hall–Kier alpha value is -1.14. The van der Waals surface area contributed by atoms with Crippen LogP contribution in [0.4, 0.5) is 0 Å². The van der Waals surface area contributed by atoms with Gasteiger partial charge in [0.25, 0.3) is 0 Å². The van der Waals surface area contributed by atoms with Crippen molar-refractivity contribution in [3.8, 4) is 0 Å². The summed E-state index contributed by atoms with van der Waals surface area (Å²) >= 11 is 0. The lowest BCUT2D eigenvalue weighted by Crippen LogP contribution is -2.52. The molecule has 0 saturated carbocycles. The van der Waals surface area contributed by atoms with Crippen molar-refractivity contribution >= 4 is 11.8 Å². The number of hydrogen-bond acceptors (Lipinski definition) is 4. The molecule has 2 aliphatic rings. The fourth-order valence-electron chi connectivity index (χ4n) is 2.91. The molecule has 1 atom stereocenters. The van der Waals surface area contributed by atoms with Crippen LogP contribution >= 0.6 is 0 Å². The fourth-order valence-corrected chi connectivity index (χ4v) is 2.91. The minimum atomic E-state index is 0.0924. The van der Waals surface area contributed by atoms with Gasteiger partial charge in [-0.25, -0.2) is 0 Å². The lowest BCUT2D eigenvalue weighted by atomic mass is 10.2. The molecule has 0 bridgehead atoms. The molecule has 2 saturated heterocycles. The molecule has 2 amide bonds. The smallest absolute Gasteiger partial charge is 0.236 e. The van der Waals surface area contributed by atoms with Gasteiger partial charge in [0.05, 0.1) is 6.54 Å². The highest BCUT2D eigenvalue weighted by Crippen LogP contribution is 2.16. The standard InChI is InChI=1S/C13H24N4O2/c1-11(18)15-5-7-16(8-6-15)13(19)10-17-4-2-3-12(17)9-14/h12H,2-10,14H2,1H3. The average Bonchev–Trinajstić information content (AvgIpc) is 2.86. The van der Waals surface area contributed by atoms with E-state index in [-0.39, 0.29) is 11.8 Å². The first-order chi connectivity index (χ1) is 9.11. The molecule has 0 radical (unpaired) electrons. The van der Waals surface area contributed by atoms with E-state index in [4.69, 9.17) is 5.73 Å². The van der Waals surface area contributed by atoms with Gasteiger partial charge in [-0.05, 0) is 19.4 Å². The van der Waals surface area contributed by atoms with Gasteiger partial charge in [0, 0.05) is 45.7 Å². The Morgan fingerprint density at radius 3 is 2.32 bits per heavy atom. The summed E-state index contributed by atoms with van der Waals surface area (Å²) in [6.07, 6.45) is 2.23. The minimum absolute atomic E-state index is 0.0924. The molecule has 0 aromatic rings. The summed E-state index contributed by atoms with van der Waals surface area (Å²) in [5.74, 6) is 0.262. The highest BCUT2D eigenvalue weighted by molar-refractivity contribution is 5.79. The number of piperazine rings is 1. The van der Waals surface area contributed by atoms with Gasteiger partial charge >= 0.3 is 0 Å². The maximum Gasteiger partial charge on any atom is 0.236 e. The Bertz CT molecular complexity index is 340. The number of rotatable bonds is 3. The van der Waals surface area contributed by atoms with Crippen LogP contribution in [0.15, 0.2) is 0 Å². The van der Waals surface area contributed by atoms with E-state index in [2.05, 4.69) is 4.90 Å². The van der Waals surface area contributed by atoms with Crippen molar-refractivity contribution in [2.45, 2.75) is 25.8 Å². The van der Waals surface area contributed by atoms with Crippen LogP contribution in [0.5, 0.6) is 0 Å². The molecule has 0 aliphatic carbocycles. The van der Waals surface area contributed by atoms with Gasteiger partial charge in [-0.2, -0.15) is 0 Å². The van der Waals surface area contributed by atoms with E-state index in [0.29, 0.717) is 45.3 Å². The highest BCUT2D eigenvalue weighted by atomic mass is 16.2. The van der Waals surface area contributed by atoms with Crippen LogP contribution in [0.3, 0.4) is 0 Å². The minimum Gasteiger partial charge on any atom is -0.339 e. The Kier molecular flexibility index (Phi) is 4.76. The van der Waals surface area contributed by atoms with Gasteiger partial charge < -0.3 is 15.5 Å². The second-order valence-electron chi connectivity index (χ2n) is 5.39. The molecular formula is C13H24N4O2. The van der Waals surface area contributed by atoms with Crippen molar-refractivity contribution in [1.29, 1.82) is 0 Å². The number of nitrogens with zero attached hydrogens (tertiary/aromatic N) is 3. The zero-order chi connectivity index (χ0) is 13.8. The maximum atomic E-state index is 12.2. The van der Waals surface area contributed by atoms with E-state index in [1.165, 1.54) is 0 Å². The molecule has 6 nitrogen and oxygen atoms in total. The average molecular weight is 268 g/mol. The highest BCUT2D eigenvalue weighted by Gasteiger charge is 2.28. The maximum absolute atomic E-state index is 12.2. The molecule has 2 N–H and O–H groups in total. The first-order valence-corrected chi connectivity index (χ1v) is 7.09. The topological polar surface area (TPSA) is 69.9 Å². The van der Waals surface area contributed by atoms with Crippen LogP contribution in [-0.2, 0) is 9.59 Å².